The van der Waals surface area contributed by atoms with Crippen LogP contribution in [0.4, 0.5) is 0 Å². The molecule has 1 aliphatic heterocycles. The predicted molar refractivity (Wildman–Crippen MR) is 91.2 cm³/mol. The minimum atomic E-state index is -3.50. The number of benzene rings is 1. The second-order valence-electron chi connectivity index (χ2n) is 5.73. The number of rotatable bonds is 5. The molecule has 1 aliphatic rings. The molecule has 1 fully saturated rings. The topological polar surface area (TPSA) is 76.5 Å². The molecule has 0 unspecified atom stereocenters. The summed E-state index contributed by atoms with van der Waals surface area (Å²) < 4.78 is 35.9. The SMILES string of the molecule is Cc1nn(-c2ccccc2)c(C)c1CNS(=O)(=O)N1CCOCC1. The van der Waals surface area contributed by atoms with E-state index in [1.54, 1.807) is 0 Å². The van der Waals surface area contributed by atoms with E-state index in [1.165, 1.54) is 4.31 Å². The first-order valence-corrected chi connectivity index (χ1v) is 9.36. The van der Waals surface area contributed by atoms with Crippen molar-refractivity contribution in [1.82, 2.24) is 18.8 Å². The first kappa shape index (κ1) is 17.1. The van der Waals surface area contributed by atoms with Gasteiger partial charge in [-0.05, 0) is 26.0 Å². The molecule has 0 amide bonds. The van der Waals surface area contributed by atoms with Crippen LogP contribution in [0.3, 0.4) is 0 Å². The van der Waals surface area contributed by atoms with Crippen molar-refractivity contribution in [3.05, 3.63) is 47.3 Å². The maximum absolute atomic E-state index is 12.4. The third kappa shape index (κ3) is 3.51. The number of nitrogens with one attached hydrogen (secondary N) is 1. The second kappa shape index (κ2) is 7.02. The first-order chi connectivity index (χ1) is 11.5. The van der Waals surface area contributed by atoms with Crippen LogP contribution in [0.2, 0.25) is 0 Å². The summed E-state index contributed by atoms with van der Waals surface area (Å²) in [6.45, 7) is 5.71. The number of para-hydroxylation sites is 1. The fourth-order valence-electron chi connectivity index (χ4n) is 2.79. The minimum absolute atomic E-state index is 0.226. The number of aromatic nitrogens is 2. The summed E-state index contributed by atoms with van der Waals surface area (Å²) in [5, 5.41) is 4.54. The van der Waals surface area contributed by atoms with E-state index in [9.17, 15) is 8.42 Å². The van der Waals surface area contributed by atoms with E-state index in [4.69, 9.17) is 4.74 Å². The van der Waals surface area contributed by atoms with Gasteiger partial charge in [0.15, 0.2) is 0 Å². The van der Waals surface area contributed by atoms with Gasteiger partial charge in [-0.2, -0.15) is 22.5 Å². The predicted octanol–water partition coefficient (Wildman–Crippen LogP) is 1.16. The summed E-state index contributed by atoms with van der Waals surface area (Å²) in [6.07, 6.45) is 0. The van der Waals surface area contributed by atoms with Crippen LogP contribution in [0.25, 0.3) is 5.69 Å². The van der Waals surface area contributed by atoms with E-state index in [-0.39, 0.29) is 6.54 Å². The molecule has 0 bridgehead atoms. The van der Waals surface area contributed by atoms with E-state index >= 15 is 0 Å². The molecule has 1 N–H and O–H groups in total. The maximum Gasteiger partial charge on any atom is 0.279 e. The van der Waals surface area contributed by atoms with Crippen LogP contribution in [-0.4, -0.2) is 48.8 Å². The summed E-state index contributed by atoms with van der Waals surface area (Å²) in [5.41, 5.74) is 3.61. The van der Waals surface area contributed by atoms with Crippen molar-refractivity contribution in [2.75, 3.05) is 26.3 Å². The van der Waals surface area contributed by atoms with Crippen LogP contribution in [0.5, 0.6) is 0 Å². The Hall–Kier alpha value is -1.74. The Bertz CT molecular complexity index is 796. The number of hydrogen-bond acceptors (Lipinski definition) is 4. The van der Waals surface area contributed by atoms with Crippen molar-refractivity contribution in [2.24, 2.45) is 0 Å². The van der Waals surface area contributed by atoms with Crippen LogP contribution in [0.1, 0.15) is 17.0 Å². The smallest absolute Gasteiger partial charge is 0.279 e. The van der Waals surface area contributed by atoms with Gasteiger partial charge in [-0.3, -0.25) is 0 Å². The van der Waals surface area contributed by atoms with Gasteiger partial charge in [0.1, 0.15) is 0 Å². The fraction of sp³-hybridized carbons (Fsp3) is 0.438. The Balaban J connectivity index is 1.77. The Morgan fingerprint density at radius 3 is 2.50 bits per heavy atom. The molecule has 0 spiro atoms. The lowest BCUT2D eigenvalue weighted by Crippen LogP contribution is -2.46. The monoisotopic (exact) mass is 350 g/mol. The summed E-state index contributed by atoms with van der Waals surface area (Å²) in [5.74, 6) is 0. The third-order valence-electron chi connectivity index (χ3n) is 4.18. The largest absolute Gasteiger partial charge is 0.379 e. The summed E-state index contributed by atoms with van der Waals surface area (Å²) in [4.78, 5) is 0. The normalized spacial score (nSPS) is 16.4. The van der Waals surface area contributed by atoms with E-state index in [2.05, 4.69) is 9.82 Å². The lowest BCUT2D eigenvalue weighted by molar-refractivity contribution is 0.0725. The minimum Gasteiger partial charge on any atom is -0.379 e. The average Bonchev–Trinajstić information content (AvgIpc) is 2.89. The Morgan fingerprint density at radius 1 is 1.17 bits per heavy atom. The quantitative estimate of drug-likeness (QED) is 0.878. The van der Waals surface area contributed by atoms with Gasteiger partial charge in [0.25, 0.3) is 10.2 Å². The first-order valence-electron chi connectivity index (χ1n) is 7.92. The van der Waals surface area contributed by atoms with Crippen LogP contribution in [-0.2, 0) is 21.5 Å². The molecule has 24 heavy (non-hydrogen) atoms. The van der Waals surface area contributed by atoms with Crippen LogP contribution < -0.4 is 4.72 Å². The molecule has 1 aromatic heterocycles. The summed E-state index contributed by atoms with van der Waals surface area (Å²) in [7, 11) is -3.50. The highest BCUT2D eigenvalue weighted by molar-refractivity contribution is 7.87. The van der Waals surface area contributed by atoms with Crippen molar-refractivity contribution in [2.45, 2.75) is 20.4 Å². The van der Waals surface area contributed by atoms with E-state index < -0.39 is 10.2 Å². The van der Waals surface area contributed by atoms with Gasteiger partial charge in [0, 0.05) is 30.9 Å². The molecule has 0 atom stereocenters. The van der Waals surface area contributed by atoms with Crippen LogP contribution in [0.15, 0.2) is 30.3 Å². The number of ether oxygens (including phenoxy) is 1. The molecule has 2 heterocycles. The molecule has 8 heteroatoms. The highest BCUT2D eigenvalue weighted by Crippen LogP contribution is 2.18. The molecule has 2 aromatic rings. The summed E-state index contributed by atoms with van der Waals surface area (Å²) >= 11 is 0. The molecule has 3 rings (SSSR count). The average molecular weight is 350 g/mol. The number of morpholine rings is 1. The van der Waals surface area contributed by atoms with E-state index in [0.717, 1.165) is 22.6 Å². The molecule has 0 radical (unpaired) electrons. The number of hydrogen-bond donors (Lipinski definition) is 1. The zero-order valence-corrected chi connectivity index (χ0v) is 14.7. The van der Waals surface area contributed by atoms with Gasteiger partial charge in [-0.1, -0.05) is 18.2 Å². The van der Waals surface area contributed by atoms with Gasteiger partial charge in [0.2, 0.25) is 0 Å². The van der Waals surface area contributed by atoms with Gasteiger partial charge >= 0.3 is 0 Å². The lowest BCUT2D eigenvalue weighted by atomic mass is 10.2. The van der Waals surface area contributed by atoms with Crippen molar-refractivity contribution in [3.63, 3.8) is 0 Å². The van der Waals surface area contributed by atoms with Crippen LogP contribution in [0, 0.1) is 13.8 Å². The molecule has 1 aromatic carbocycles. The van der Waals surface area contributed by atoms with Gasteiger partial charge < -0.3 is 4.74 Å². The standard InChI is InChI=1S/C16H22N4O3S/c1-13-16(12-17-24(21,22)19-8-10-23-11-9-19)14(2)20(18-13)15-6-4-3-5-7-15/h3-7,17H,8-12H2,1-2H3. The third-order valence-corrected chi connectivity index (χ3v) is 5.74. The molecular weight excluding hydrogens is 328 g/mol. The molecule has 130 valence electrons. The Morgan fingerprint density at radius 2 is 1.83 bits per heavy atom. The van der Waals surface area contributed by atoms with Crippen molar-refractivity contribution >= 4 is 10.2 Å². The zero-order chi connectivity index (χ0) is 17.2. The molecular formula is C16H22N4O3S. The van der Waals surface area contributed by atoms with Crippen molar-refractivity contribution < 1.29 is 13.2 Å². The number of nitrogens with zero attached hydrogens (tertiary/aromatic N) is 3. The molecule has 1 saturated heterocycles. The van der Waals surface area contributed by atoms with Gasteiger partial charge in [0.05, 0.1) is 24.6 Å². The fourth-order valence-corrected chi connectivity index (χ4v) is 3.93. The van der Waals surface area contributed by atoms with E-state index in [0.29, 0.717) is 26.3 Å². The van der Waals surface area contributed by atoms with Gasteiger partial charge in [-0.25, -0.2) is 4.68 Å². The van der Waals surface area contributed by atoms with E-state index in [1.807, 2.05) is 48.9 Å². The molecule has 7 nitrogen and oxygen atoms in total. The molecule has 0 saturated carbocycles. The highest BCUT2D eigenvalue weighted by atomic mass is 32.2. The maximum atomic E-state index is 12.4. The van der Waals surface area contributed by atoms with Crippen molar-refractivity contribution in [3.8, 4) is 5.69 Å². The van der Waals surface area contributed by atoms with Crippen LogP contribution >= 0.6 is 0 Å². The van der Waals surface area contributed by atoms with Crippen molar-refractivity contribution in [1.29, 1.82) is 0 Å². The lowest BCUT2D eigenvalue weighted by Gasteiger charge is -2.26. The second-order valence-corrected chi connectivity index (χ2v) is 7.49. The number of aryl methyl sites for hydroxylation is 1. The van der Waals surface area contributed by atoms with Gasteiger partial charge in [-0.15, -0.1) is 0 Å². The molecule has 0 aliphatic carbocycles. The zero-order valence-electron chi connectivity index (χ0n) is 13.9. The Labute approximate surface area is 142 Å². The highest BCUT2D eigenvalue weighted by Gasteiger charge is 2.24. The summed E-state index contributed by atoms with van der Waals surface area (Å²) in [6, 6.07) is 9.80. The Kier molecular flexibility index (Phi) is 5.00.